The molecule has 2 amide bonds. The first-order valence-corrected chi connectivity index (χ1v) is 5.91. The van der Waals surface area contributed by atoms with Gasteiger partial charge in [0.25, 0.3) is 0 Å². The Morgan fingerprint density at radius 1 is 1.15 bits per heavy atom. The Morgan fingerprint density at radius 2 is 1.70 bits per heavy atom. The number of hydrogen-bond donors (Lipinski definition) is 1. The highest BCUT2D eigenvalue weighted by Crippen LogP contribution is 2.77. The lowest BCUT2D eigenvalue weighted by Gasteiger charge is -2.11. The molecule has 6 nitrogen and oxygen atoms in total. The highest BCUT2D eigenvalue weighted by atomic mass is 16.5. The van der Waals surface area contributed by atoms with Gasteiger partial charge in [-0.05, 0) is 6.07 Å². The number of methoxy groups -OCH3 is 1. The Morgan fingerprint density at radius 3 is 2.20 bits per heavy atom. The number of nitrogens with one attached hydrogen (secondary N) is 1. The molecule has 0 spiro atoms. The van der Waals surface area contributed by atoms with Crippen LogP contribution in [0.2, 0.25) is 0 Å². The van der Waals surface area contributed by atoms with Crippen LogP contribution >= 0.6 is 0 Å². The van der Waals surface area contributed by atoms with Crippen molar-refractivity contribution in [2.45, 2.75) is 5.92 Å². The zero-order chi connectivity index (χ0) is 14.5. The van der Waals surface area contributed by atoms with E-state index in [1.54, 1.807) is 24.3 Å². The van der Waals surface area contributed by atoms with Crippen LogP contribution in [0.3, 0.4) is 0 Å². The number of nitrogens with zero attached hydrogens (tertiary/aromatic N) is 2. The molecule has 3 atom stereocenters. The highest BCUT2D eigenvalue weighted by molar-refractivity contribution is 6.19. The number of carbonyl (C=O) groups excluding carboxylic acids is 2. The molecule has 20 heavy (non-hydrogen) atoms. The minimum Gasteiger partial charge on any atom is -0.496 e. The number of ether oxygens (including phenoxy) is 1. The molecular formula is C14H9N3O3. The fourth-order valence-corrected chi connectivity index (χ4v) is 3.17. The Kier molecular flexibility index (Phi) is 2.18. The van der Waals surface area contributed by atoms with E-state index in [0.29, 0.717) is 11.3 Å². The summed E-state index contributed by atoms with van der Waals surface area (Å²) in [6.07, 6.45) is 0. The number of piperidine rings is 1. The number of para-hydroxylation sites is 1. The minimum atomic E-state index is -1.65. The molecule has 1 heterocycles. The molecule has 1 aromatic carbocycles. The number of benzene rings is 1. The summed E-state index contributed by atoms with van der Waals surface area (Å²) in [5.41, 5.74) is -2.76. The Balaban J connectivity index is 2.23. The molecule has 1 aromatic rings. The number of rotatable bonds is 2. The lowest BCUT2D eigenvalue weighted by Crippen LogP contribution is -2.31. The van der Waals surface area contributed by atoms with Crippen LogP contribution in [-0.2, 0) is 9.59 Å². The first-order chi connectivity index (χ1) is 9.60. The Hall–Kier alpha value is -2.86. The summed E-state index contributed by atoms with van der Waals surface area (Å²) in [6, 6.07) is 10.5. The van der Waals surface area contributed by atoms with Gasteiger partial charge in [0.2, 0.25) is 11.8 Å². The number of fused-ring (bicyclic) bond motifs is 1. The van der Waals surface area contributed by atoms with Crippen molar-refractivity contribution in [2.75, 3.05) is 7.11 Å². The molecule has 2 aliphatic rings. The summed E-state index contributed by atoms with van der Waals surface area (Å²) in [5, 5.41) is 20.9. The van der Waals surface area contributed by atoms with E-state index in [0.717, 1.165) is 0 Å². The van der Waals surface area contributed by atoms with Crippen LogP contribution in [0.5, 0.6) is 5.75 Å². The molecule has 1 aliphatic carbocycles. The average Bonchev–Trinajstić information content (AvgIpc) is 3.04. The van der Waals surface area contributed by atoms with Gasteiger partial charge >= 0.3 is 0 Å². The first kappa shape index (κ1) is 12.2. The maximum Gasteiger partial charge on any atom is 0.250 e. The third kappa shape index (κ3) is 0.996. The molecule has 2 fully saturated rings. The van der Waals surface area contributed by atoms with Gasteiger partial charge in [0.1, 0.15) is 5.75 Å². The standard InChI is InChI=1S/C14H9N3O3/c1-20-9-5-3-2-4-8(9)10-13(6-15)11(18)17-12(19)14(10,13)7-16/h2-5,10H,1H3,(H,17,18,19)/t10?,13-,14+. The maximum absolute atomic E-state index is 12.0. The number of hydrogen-bond acceptors (Lipinski definition) is 5. The molecule has 6 heteroatoms. The van der Waals surface area contributed by atoms with E-state index in [1.165, 1.54) is 7.11 Å². The summed E-state index contributed by atoms with van der Waals surface area (Å²) in [6.45, 7) is 0. The Labute approximate surface area is 114 Å². The van der Waals surface area contributed by atoms with Gasteiger partial charge in [-0.3, -0.25) is 14.9 Å². The van der Waals surface area contributed by atoms with Crippen LogP contribution in [0.15, 0.2) is 24.3 Å². The van der Waals surface area contributed by atoms with Crippen molar-refractivity contribution >= 4 is 11.8 Å². The van der Waals surface area contributed by atoms with Crippen molar-refractivity contribution in [3.63, 3.8) is 0 Å². The summed E-state index contributed by atoms with van der Waals surface area (Å²) in [4.78, 5) is 24.0. The molecular weight excluding hydrogens is 258 g/mol. The van der Waals surface area contributed by atoms with Gasteiger partial charge in [-0.2, -0.15) is 10.5 Å². The fourth-order valence-electron chi connectivity index (χ4n) is 3.17. The monoisotopic (exact) mass is 267 g/mol. The SMILES string of the molecule is COc1ccccc1C1[C@]2(C#N)C(=O)NC(=O)[C@]12C#N. The van der Waals surface area contributed by atoms with E-state index in [2.05, 4.69) is 5.32 Å². The number of imide groups is 1. The van der Waals surface area contributed by atoms with Gasteiger partial charge < -0.3 is 4.74 Å². The molecule has 0 bridgehead atoms. The third-order valence-electron chi connectivity index (χ3n) is 4.15. The Bertz CT molecular complexity index is 692. The molecule has 1 saturated carbocycles. The van der Waals surface area contributed by atoms with Gasteiger partial charge in [-0.1, -0.05) is 18.2 Å². The predicted molar refractivity (Wildman–Crippen MR) is 65.0 cm³/mol. The zero-order valence-electron chi connectivity index (χ0n) is 10.5. The van der Waals surface area contributed by atoms with Gasteiger partial charge in [-0.15, -0.1) is 0 Å². The maximum atomic E-state index is 12.0. The van der Waals surface area contributed by atoms with Crippen molar-refractivity contribution in [1.82, 2.24) is 5.32 Å². The van der Waals surface area contributed by atoms with Crippen LogP contribution in [-0.4, -0.2) is 18.9 Å². The second kappa shape index (κ2) is 3.58. The van der Waals surface area contributed by atoms with E-state index in [9.17, 15) is 20.1 Å². The molecule has 0 radical (unpaired) electrons. The van der Waals surface area contributed by atoms with Crippen LogP contribution in [0.4, 0.5) is 0 Å². The summed E-state index contributed by atoms with van der Waals surface area (Å²) < 4.78 is 5.20. The molecule has 0 aromatic heterocycles. The fraction of sp³-hybridized carbons (Fsp3) is 0.286. The summed E-state index contributed by atoms with van der Waals surface area (Å²) in [5.74, 6) is -1.75. The predicted octanol–water partition coefficient (Wildman–Crippen LogP) is 0.469. The molecule has 1 aliphatic heterocycles. The highest BCUT2D eigenvalue weighted by Gasteiger charge is 2.91. The van der Waals surface area contributed by atoms with Gasteiger partial charge in [-0.25, -0.2) is 0 Å². The molecule has 1 unspecified atom stereocenters. The number of carbonyl (C=O) groups is 2. The molecule has 3 rings (SSSR count). The second-order valence-corrected chi connectivity index (χ2v) is 4.80. The van der Waals surface area contributed by atoms with E-state index in [4.69, 9.17) is 4.74 Å². The van der Waals surface area contributed by atoms with Crippen LogP contribution in [0, 0.1) is 33.5 Å². The molecule has 1 N–H and O–H groups in total. The van der Waals surface area contributed by atoms with Gasteiger partial charge in [0.05, 0.1) is 19.2 Å². The van der Waals surface area contributed by atoms with E-state index in [1.807, 2.05) is 12.1 Å². The average molecular weight is 267 g/mol. The van der Waals surface area contributed by atoms with Crippen molar-refractivity contribution in [3.05, 3.63) is 29.8 Å². The quantitative estimate of drug-likeness (QED) is 0.784. The van der Waals surface area contributed by atoms with Crippen LogP contribution in [0.1, 0.15) is 11.5 Å². The topological polar surface area (TPSA) is 103 Å². The van der Waals surface area contributed by atoms with Crippen molar-refractivity contribution < 1.29 is 14.3 Å². The molecule has 98 valence electrons. The summed E-state index contributed by atoms with van der Waals surface area (Å²) in [7, 11) is 1.46. The van der Waals surface area contributed by atoms with Gasteiger partial charge in [0.15, 0.2) is 10.8 Å². The third-order valence-corrected chi connectivity index (χ3v) is 4.15. The number of nitriles is 2. The van der Waals surface area contributed by atoms with Crippen molar-refractivity contribution in [1.29, 1.82) is 10.5 Å². The second-order valence-electron chi connectivity index (χ2n) is 4.80. The lowest BCUT2D eigenvalue weighted by atomic mass is 9.98. The summed E-state index contributed by atoms with van der Waals surface area (Å²) >= 11 is 0. The van der Waals surface area contributed by atoms with E-state index < -0.39 is 28.6 Å². The smallest absolute Gasteiger partial charge is 0.250 e. The normalized spacial score (nSPS) is 33.6. The minimum absolute atomic E-state index is 0.455. The van der Waals surface area contributed by atoms with Crippen LogP contribution < -0.4 is 10.1 Å². The lowest BCUT2D eigenvalue weighted by molar-refractivity contribution is -0.128. The molecule has 1 saturated heterocycles. The first-order valence-electron chi connectivity index (χ1n) is 5.91. The zero-order valence-corrected chi connectivity index (χ0v) is 10.5. The number of amides is 2. The largest absolute Gasteiger partial charge is 0.496 e. The van der Waals surface area contributed by atoms with Crippen molar-refractivity contribution in [2.24, 2.45) is 10.8 Å². The van der Waals surface area contributed by atoms with E-state index in [-0.39, 0.29) is 0 Å². The van der Waals surface area contributed by atoms with E-state index >= 15 is 0 Å². The van der Waals surface area contributed by atoms with Crippen LogP contribution in [0.25, 0.3) is 0 Å². The van der Waals surface area contributed by atoms with Crippen molar-refractivity contribution in [3.8, 4) is 17.9 Å². The van der Waals surface area contributed by atoms with Gasteiger partial charge in [0, 0.05) is 11.5 Å².